The first-order valence-corrected chi connectivity index (χ1v) is 14.5. The van der Waals surface area contributed by atoms with Crippen LogP contribution < -0.4 is 16.0 Å². The van der Waals surface area contributed by atoms with E-state index in [1.807, 2.05) is 0 Å². The predicted molar refractivity (Wildman–Crippen MR) is 150 cm³/mol. The van der Waals surface area contributed by atoms with Crippen LogP contribution in [-0.2, 0) is 14.2 Å². The molecule has 9 heteroatoms. The Balaban J connectivity index is 2.40. The van der Waals surface area contributed by atoms with E-state index in [-0.39, 0.29) is 0 Å². The van der Waals surface area contributed by atoms with E-state index in [0.717, 1.165) is 117 Å². The maximum absolute atomic E-state index is 5.64. The molecule has 0 aliphatic carbocycles. The minimum atomic E-state index is 0.604. The topological polar surface area (TPSA) is 102 Å². The third kappa shape index (κ3) is 19.5. The number of anilines is 3. The van der Waals surface area contributed by atoms with Crippen LogP contribution in [0.4, 0.5) is 17.8 Å². The number of rotatable bonds is 27. The van der Waals surface area contributed by atoms with Crippen LogP contribution in [0.3, 0.4) is 0 Å². The summed E-state index contributed by atoms with van der Waals surface area (Å²) in [6.45, 7) is 14.0. The summed E-state index contributed by atoms with van der Waals surface area (Å²) < 4.78 is 16.9. The summed E-state index contributed by atoms with van der Waals surface area (Å²) in [5.74, 6) is 1.81. The average molecular weight is 511 g/mol. The maximum atomic E-state index is 5.64. The molecule has 0 aliphatic rings. The Morgan fingerprint density at radius 1 is 0.417 bits per heavy atom. The van der Waals surface area contributed by atoms with E-state index in [4.69, 9.17) is 14.2 Å². The zero-order chi connectivity index (χ0) is 25.9. The van der Waals surface area contributed by atoms with Gasteiger partial charge in [0.25, 0.3) is 0 Å². The fourth-order valence-corrected chi connectivity index (χ4v) is 3.25. The van der Waals surface area contributed by atoms with E-state index in [1.165, 1.54) is 19.3 Å². The SMILES string of the molecule is CCCCOCCCCNc1nc(NCCCCOCCCC)nc(NCCCCOCCCC)n1. The van der Waals surface area contributed by atoms with E-state index in [9.17, 15) is 0 Å². The molecule has 1 rings (SSSR count). The number of hydrogen-bond donors (Lipinski definition) is 3. The number of nitrogens with one attached hydrogen (secondary N) is 3. The van der Waals surface area contributed by atoms with Gasteiger partial charge in [-0.1, -0.05) is 40.0 Å². The molecule has 1 aromatic rings. The average Bonchev–Trinajstić information content (AvgIpc) is 2.89. The summed E-state index contributed by atoms with van der Waals surface area (Å²) in [5, 5.41) is 10.1. The van der Waals surface area contributed by atoms with Gasteiger partial charge in [-0.2, -0.15) is 15.0 Å². The van der Waals surface area contributed by atoms with Crippen molar-refractivity contribution in [3.63, 3.8) is 0 Å². The molecule has 1 aromatic heterocycles. The van der Waals surface area contributed by atoms with E-state index in [1.54, 1.807) is 0 Å². The maximum Gasteiger partial charge on any atom is 0.229 e. The van der Waals surface area contributed by atoms with Crippen LogP contribution in [0.25, 0.3) is 0 Å². The summed E-state index contributed by atoms with van der Waals surface area (Å²) in [6.07, 6.45) is 13.0. The number of aromatic nitrogens is 3. The van der Waals surface area contributed by atoms with Gasteiger partial charge in [0.1, 0.15) is 0 Å². The van der Waals surface area contributed by atoms with E-state index in [0.29, 0.717) is 17.8 Å². The monoisotopic (exact) mass is 510 g/mol. The molecule has 0 bridgehead atoms. The fraction of sp³-hybridized carbons (Fsp3) is 0.889. The lowest BCUT2D eigenvalue weighted by atomic mass is 10.3. The lowest BCUT2D eigenvalue weighted by Gasteiger charge is -2.12. The molecule has 0 unspecified atom stereocenters. The molecule has 9 nitrogen and oxygen atoms in total. The minimum absolute atomic E-state index is 0.604. The van der Waals surface area contributed by atoms with Gasteiger partial charge < -0.3 is 30.2 Å². The Labute approximate surface area is 220 Å². The molecule has 0 aliphatic heterocycles. The molecular weight excluding hydrogens is 456 g/mol. The van der Waals surface area contributed by atoms with Crippen LogP contribution in [0.1, 0.15) is 97.8 Å². The van der Waals surface area contributed by atoms with Gasteiger partial charge in [-0.15, -0.1) is 0 Å². The summed E-state index contributed by atoms with van der Waals surface area (Å²) >= 11 is 0. The second kappa shape index (κ2) is 25.0. The van der Waals surface area contributed by atoms with E-state index < -0.39 is 0 Å². The van der Waals surface area contributed by atoms with Crippen molar-refractivity contribution in [3.8, 4) is 0 Å². The molecule has 0 spiro atoms. The van der Waals surface area contributed by atoms with Gasteiger partial charge in [-0.3, -0.25) is 0 Å². The standard InChI is InChI=1S/C27H54N6O3/c1-4-7-19-34-22-13-10-16-28-25-31-26(29-17-11-14-23-35-20-8-5-2)33-27(32-25)30-18-12-15-24-36-21-9-6-3/h4-24H2,1-3H3,(H3,28,29,30,31,32,33). The zero-order valence-corrected chi connectivity index (χ0v) is 23.4. The second-order valence-corrected chi connectivity index (χ2v) is 9.11. The second-order valence-electron chi connectivity index (χ2n) is 9.11. The Morgan fingerprint density at radius 3 is 0.972 bits per heavy atom. The van der Waals surface area contributed by atoms with Crippen molar-refractivity contribution >= 4 is 17.8 Å². The van der Waals surface area contributed by atoms with Gasteiger partial charge in [-0.25, -0.2) is 0 Å². The van der Waals surface area contributed by atoms with Crippen LogP contribution in [0, 0.1) is 0 Å². The first-order valence-electron chi connectivity index (χ1n) is 14.5. The Kier molecular flexibility index (Phi) is 22.4. The number of hydrogen-bond acceptors (Lipinski definition) is 9. The normalized spacial score (nSPS) is 11.1. The fourth-order valence-electron chi connectivity index (χ4n) is 3.25. The van der Waals surface area contributed by atoms with Crippen LogP contribution in [0.5, 0.6) is 0 Å². The van der Waals surface area contributed by atoms with Gasteiger partial charge in [0.2, 0.25) is 17.8 Å². The number of ether oxygens (including phenoxy) is 3. The lowest BCUT2D eigenvalue weighted by Crippen LogP contribution is -2.15. The van der Waals surface area contributed by atoms with Crippen LogP contribution >= 0.6 is 0 Å². The molecule has 0 saturated carbocycles. The van der Waals surface area contributed by atoms with Gasteiger partial charge in [0.15, 0.2) is 0 Å². The zero-order valence-electron chi connectivity index (χ0n) is 23.4. The highest BCUT2D eigenvalue weighted by Crippen LogP contribution is 2.10. The summed E-state index contributed by atoms with van der Waals surface area (Å²) in [7, 11) is 0. The molecule has 1 heterocycles. The number of nitrogens with zero attached hydrogens (tertiary/aromatic N) is 3. The molecule has 0 fully saturated rings. The Bertz CT molecular complexity index is 516. The lowest BCUT2D eigenvalue weighted by molar-refractivity contribution is 0.128. The van der Waals surface area contributed by atoms with Gasteiger partial charge in [-0.05, 0) is 57.8 Å². The van der Waals surface area contributed by atoms with Crippen molar-refractivity contribution in [2.24, 2.45) is 0 Å². The highest BCUT2D eigenvalue weighted by Gasteiger charge is 2.06. The summed E-state index contributed by atoms with van der Waals surface area (Å²) in [6, 6.07) is 0. The molecule has 210 valence electrons. The summed E-state index contributed by atoms with van der Waals surface area (Å²) in [5.41, 5.74) is 0. The minimum Gasteiger partial charge on any atom is -0.381 e. The Morgan fingerprint density at radius 2 is 0.694 bits per heavy atom. The third-order valence-electron chi connectivity index (χ3n) is 5.56. The quantitative estimate of drug-likeness (QED) is 0.125. The van der Waals surface area contributed by atoms with Crippen molar-refractivity contribution in [1.82, 2.24) is 15.0 Å². The van der Waals surface area contributed by atoms with Gasteiger partial charge in [0, 0.05) is 59.3 Å². The summed E-state index contributed by atoms with van der Waals surface area (Å²) in [4.78, 5) is 13.7. The van der Waals surface area contributed by atoms with Gasteiger partial charge in [0.05, 0.1) is 0 Å². The van der Waals surface area contributed by atoms with E-state index >= 15 is 0 Å². The molecule has 3 N–H and O–H groups in total. The predicted octanol–water partition coefficient (Wildman–Crippen LogP) is 5.90. The van der Waals surface area contributed by atoms with E-state index in [2.05, 4.69) is 51.7 Å². The molecule has 0 atom stereocenters. The molecule has 0 saturated heterocycles. The molecule has 0 amide bonds. The van der Waals surface area contributed by atoms with Crippen molar-refractivity contribution in [3.05, 3.63) is 0 Å². The largest absolute Gasteiger partial charge is 0.381 e. The van der Waals surface area contributed by atoms with Crippen molar-refractivity contribution in [2.45, 2.75) is 97.8 Å². The Hall–Kier alpha value is -1.71. The van der Waals surface area contributed by atoms with Gasteiger partial charge >= 0.3 is 0 Å². The first kappa shape index (κ1) is 32.3. The third-order valence-corrected chi connectivity index (χ3v) is 5.56. The highest BCUT2D eigenvalue weighted by atomic mass is 16.5. The van der Waals surface area contributed by atoms with Crippen LogP contribution in [0.15, 0.2) is 0 Å². The molecule has 0 aromatic carbocycles. The first-order chi connectivity index (χ1) is 17.8. The van der Waals surface area contributed by atoms with Crippen LogP contribution in [0.2, 0.25) is 0 Å². The molecule has 36 heavy (non-hydrogen) atoms. The number of unbranched alkanes of at least 4 members (excludes halogenated alkanes) is 6. The molecule has 0 radical (unpaired) electrons. The van der Waals surface area contributed by atoms with Crippen molar-refractivity contribution < 1.29 is 14.2 Å². The van der Waals surface area contributed by atoms with Crippen LogP contribution in [-0.4, -0.2) is 74.2 Å². The van der Waals surface area contributed by atoms with Crippen molar-refractivity contribution in [2.75, 3.05) is 75.2 Å². The van der Waals surface area contributed by atoms with Crippen molar-refractivity contribution in [1.29, 1.82) is 0 Å². The highest BCUT2D eigenvalue weighted by molar-refractivity contribution is 5.42. The molecular formula is C27H54N6O3. The smallest absolute Gasteiger partial charge is 0.229 e.